The molecule has 228 valence electrons. The van der Waals surface area contributed by atoms with Crippen LogP contribution in [0.2, 0.25) is 0 Å². The molecule has 9 heteroatoms. The Kier molecular flexibility index (Phi) is 10.1. The molecule has 0 aromatic heterocycles. The fourth-order valence-electron chi connectivity index (χ4n) is 4.96. The first-order chi connectivity index (χ1) is 21.3. The van der Waals surface area contributed by atoms with E-state index in [2.05, 4.69) is 10.0 Å². The van der Waals surface area contributed by atoms with Crippen molar-refractivity contribution in [2.75, 3.05) is 7.11 Å². The number of carbonyl (C=O) groups is 2. The molecule has 5 rings (SSSR count). The van der Waals surface area contributed by atoms with E-state index in [4.69, 9.17) is 4.74 Å². The summed E-state index contributed by atoms with van der Waals surface area (Å²) in [7, 11) is -1.96. The van der Waals surface area contributed by atoms with Gasteiger partial charge in [0.1, 0.15) is 11.8 Å². The van der Waals surface area contributed by atoms with E-state index in [1.54, 1.807) is 36.3 Å². The highest BCUT2D eigenvalue weighted by atomic mass is 32.2. The number of nitrogens with one attached hydrogen (secondary N) is 2. The summed E-state index contributed by atoms with van der Waals surface area (Å²) < 4.78 is 33.1. The number of methoxy groups -OCH3 is 1. The van der Waals surface area contributed by atoms with Crippen LogP contribution in [0.3, 0.4) is 0 Å². The maximum absolute atomic E-state index is 14.0. The minimum Gasteiger partial charge on any atom is -0.497 e. The average molecular weight is 612 g/mol. The van der Waals surface area contributed by atoms with E-state index in [1.165, 1.54) is 0 Å². The minimum absolute atomic E-state index is 0.0245. The van der Waals surface area contributed by atoms with Crippen molar-refractivity contribution in [3.05, 3.63) is 131 Å². The fraction of sp³-hybridized carbons (Fsp3) is 0.257. The lowest BCUT2D eigenvalue weighted by Crippen LogP contribution is -2.43. The molecule has 1 saturated carbocycles. The van der Waals surface area contributed by atoms with Gasteiger partial charge in [-0.1, -0.05) is 84.9 Å². The van der Waals surface area contributed by atoms with E-state index in [0.29, 0.717) is 24.3 Å². The fourth-order valence-corrected chi connectivity index (χ4v) is 6.26. The third-order valence-corrected chi connectivity index (χ3v) is 9.11. The van der Waals surface area contributed by atoms with Crippen LogP contribution in [0.1, 0.15) is 47.6 Å². The summed E-state index contributed by atoms with van der Waals surface area (Å²) in [5.74, 6) is 0.223. The molecule has 44 heavy (non-hydrogen) atoms. The normalized spacial score (nSPS) is 13.6. The monoisotopic (exact) mass is 611 g/mol. The number of nitrogens with zero attached hydrogens (tertiary/aromatic N) is 1. The van der Waals surface area contributed by atoms with Gasteiger partial charge in [0, 0.05) is 25.6 Å². The molecule has 4 aromatic carbocycles. The highest BCUT2D eigenvalue weighted by Gasteiger charge is 2.31. The predicted molar refractivity (Wildman–Crippen MR) is 169 cm³/mol. The lowest BCUT2D eigenvalue weighted by atomic mass is 10.0. The third kappa shape index (κ3) is 8.33. The molecule has 0 spiro atoms. The molecule has 2 amide bonds. The number of sulfonamides is 1. The van der Waals surface area contributed by atoms with Crippen LogP contribution < -0.4 is 14.8 Å². The van der Waals surface area contributed by atoms with Gasteiger partial charge in [0.15, 0.2) is 0 Å². The summed E-state index contributed by atoms with van der Waals surface area (Å²) in [5.41, 5.74) is 3.35. The standard InChI is InChI=1S/C35H37N3O5S/c1-43-31-19-12-28(13-20-31)25-38(33(39)23-16-26-14-21-32(22-15-26)44(41,42)37-30-17-18-30)34(29-10-6-3-7-11-29)35(40)36-24-27-8-4-2-5-9-27/h2-15,19-22,30,34,37H,16-18,23-25H2,1H3,(H,36,40)/t34-/m0/s1. The van der Waals surface area contributed by atoms with E-state index in [0.717, 1.165) is 29.5 Å². The van der Waals surface area contributed by atoms with E-state index in [1.807, 2.05) is 84.9 Å². The molecule has 0 radical (unpaired) electrons. The molecule has 1 aliphatic rings. The summed E-state index contributed by atoms with van der Waals surface area (Å²) in [4.78, 5) is 29.7. The number of hydrogen-bond acceptors (Lipinski definition) is 5. The molecule has 0 bridgehead atoms. The molecule has 2 N–H and O–H groups in total. The van der Waals surface area contributed by atoms with Gasteiger partial charge in [-0.05, 0) is 65.8 Å². The quantitative estimate of drug-likeness (QED) is 0.205. The zero-order valence-corrected chi connectivity index (χ0v) is 25.5. The Bertz CT molecular complexity index is 1640. The smallest absolute Gasteiger partial charge is 0.247 e. The van der Waals surface area contributed by atoms with Gasteiger partial charge in [-0.15, -0.1) is 0 Å². The molecule has 0 aliphatic heterocycles. The minimum atomic E-state index is -3.55. The van der Waals surface area contributed by atoms with Crippen LogP contribution in [0.25, 0.3) is 0 Å². The average Bonchev–Trinajstić information content (AvgIpc) is 3.87. The van der Waals surface area contributed by atoms with Gasteiger partial charge in [-0.25, -0.2) is 13.1 Å². The summed E-state index contributed by atoms with van der Waals surface area (Å²) in [6.45, 7) is 0.545. The Morgan fingerprint density at radius 2 is 1.43 bits per heavy atom. The van der Waals surface area contributed by atoms with Gasteiger partial charge in [0.2, 0.25) is 21.8 Å². The molecule has 0 saturated heterocycles. The summed E-state index contributed by atoms with van der Waals surface area (Å²) in [6.07, 6.45) is 2.25. The van der Waals surface area contributed by atoms with Crippen LogP contribution in [0.4, 0.5) is 0 Å². The van der Waals surface area contributed by atoms with Crippen LogP contribution >= 0.6 is 0 Å². The van der Waals surface area contributed by atoms with Gasteiger partial charge in [0.25, 0.3) is 0 Å². The van der Waals surface area contributed by atoms with Crippen LogP contribution in [0.5, 0.6) is 5.75 Å². The van der Waals surface area contributed by atoms with Crippen molar-refractivity contribution in [2.24, 2.45) is 0 Å². The number of ether oxygens (including phenoxy) is 1. The molecule has 0 unspecified atom stereocenters. The molecule has 4 aromatic rings. The SMILES string of the molecule is COc1ccc(CN(C(=O)CCc2ccc(S(=O)(=O)NC3CC3)cc2)[C@H](C(=O)NCc2ccccc2)c2ccccc2)cc1. The second kappa shape index (κ2) is 14.3. The number of aryl methyl sites for hydroxylation is 1. The van der Waals surface area contributed by atoms with E-state index >= 15 is 0 Å². The molecule has 0 heterocycles. The Balaban J connectivity index is 1.37. The maximum atomic E-state index is 14.0. The van der Waals surface area contributed by atoms with Gasteiger partial charge in [0.05, 0.1) is 12.0 Å². The molecule has 1 atom stereocenters. The van der Waals surface area contributed by atoms with Crippen molar-refractivity contribution < 1.29 is 22.7 Å². The van der Waals surface area contributed by atoms with Crippen LogP contribution in [-0.2, 0) is 39.1 Å². The van der Waals surface area contributed by atoms with Crippen LogP contribution in [-0.4, -0.2) is 38.3 Å². The highest BCUT2D eigenvalue weighted by Crippen LogP contribution is 2.27. The lowest BCUT2D eigenvalue weighted by molar-refractivity contribution is -0.141. The van der Waals surface area contributed by atoms with Gasteiger partial charge in [-0.3, -0.25) is 9.59 Å². The number of hydrogen-bond donors (Lipinski definition) is 2. The van der Waals surface area contributed by atoms with Crippen molar-refractivity contribution in [2.45, 2.75) is 55.8 Å². The number of amides is 2. The molecular weight excluding hydrogens is 574 g/mol. The molecule has 1 aliphatic carbocycles. The summed E-state index contributed by atoms with van der Waals surface area (Å²) in [6, 6.07) is 32.2. The van der Waals surface area contributed by atoms with E-state index < -0.39 is 16.1 Å². The van der Waals surface area contributed by atoms with Gasteiger partial charge < -0.3 is 15.0 Å². The zero-order chi connectivity index (χ0) is 30.9. The maximum Gasteiger partial charge on any atom is 0.247 e. The second-order valence-electron chi connectivity index (χ2n) is 10.9. The van der Waals surface area contributed by atoms with E-state index in [9.17, 15) is 18.0 Å². The second-order valence-corrected chi connectivity index (χ2v) is 12.6. The first-order valence-electron chi connectivity index (χ1n) is 14.7. The zero-order valence-electron chi connectivity index (χ0n) is 24.7. The Labute approximate surface area is 259 Å². The largest absolute Gasteiger partial charge is 0.497 e. The third-order valence-electron chi connectivity index (χ3n) is 7.58. The van der Waals surface area contributed by atoms with Crippen molar-refractivity contribution in [1.29, 1.82) is 0 Å². The molecular formula is C35H37N3O5S. The predicted octanol–water partition coefficient (Wildman–Crippen LogP) is 5.16. The van der Waals surface area contributed by atoms with Gasteiger partial charge in [-0.2, -0.15) is 0 Å². The van der Waals surface area contributed by atoms with Crippen molar-refractivity contribution >= 4 is 21.8 Å². The first-order valence-corrected chi connectivity index (χ1v) is 16.2. The molecule has 8 nitrogen and oxygen atoms in total. The van der Waals surface area contributed by atoms with Crippen molar-refractivity contribution in [3.8, 4) is 5.75 Å². The Morgan fingerprint density at radius 1 is 0.818 bits per heavy atom. The van der Waals surface area contributed by atoms with Crippen LogP contribution in [0, 0.1) is 0 Å². The Hall–Kier alpha value is -4.47. The van der Waals surface area contributed by atoms with Crippen molar-refractivity contribution in [1.82, 2.24) is 14.9 Å². The number of rotatable bonds is 14. The molecule has 1 fully saturated rings. The number of benzene rings is 4. The lowest BCUT2D eigenvalue weighted by Gasteiger charge is -2.32. The topological polar surface area (TPSA) is 105 Å². The van der Waals surface area contributed by atoms with Gasteiger partial charge >= 0.3 is 0 Å². The van der Waals surface area contributed by atoms with E-state index in [-0.39, 0.29) is 35.7 Å². The van der Waals surface area contributed by atoms with Crippen LogP contribution in [0.15, 0.2) is 114 Å². The van der Waals surface area contributed by atoms with Crippen molar-refractivity contribution in [3.63, 3.8) is 0 Å². The Morgan fingerprint density at radius 3 is 2.05 bits per heavy atom. The first kappa shape index (κ1) is 31.0. The highest BCUT2D eigenvalue weighted by molar-refractivity contribution is 7.89. The summed E-state index contributed by atoms with van der Waals surface area (Å²) >= 11 is 0. The summed E-state index contributed by atoms with van der Waals surface area (Å²) in [5, 5.41) is 3.03. The number of carbonyl (C=O) groups excluding carboxylic acids is 2.